The number of hydrogen-bond acceptors (Lipinski definition) is 6. The molecule has 12 heteroatoms. The highest BCUT2D eigenvalue weighted by atomic mass is 16.5. The Morgan fingerprint density at radius 3 is 2.50 bits per heavy atom. The fourth-order valence-electron chi connectivity index (χ4n) is 2.26. The molecule has 0 saturated carbocycles. The molecule has 0 aliphatic rings. The van der Waals surface area contributed by atoms with Crippen LogP contribution in [-0.2, 0) is 25.7 Å². The van der Waals surface area contributed by atoms with Crippen LogP contribution in [-0.4, -0.2) is 49.5 Å². The number of primary amides is 1. The first-order chi connectivity index (χ1) is 14.4. The van der Waals surface area contributed by atoms with Crippen molar-refractivity contribution >= 4 is 23.8 Å². The molecule has 0 saturated heterocycles. The fraction of sp³-hybridized carbons (Fsp3) is 0.444. The van der Waals surface area contributed by atoms with E-state index >= 15 is 0 Å². The number of carbonyl (C=O) groups is 4. The molecule has 1 rings (SSSR count). The number of amides is 4. The van der Waals surface area contributed by atoms with Crippen LogP contribution < -0.4 is 27.1 Å². The van der Waals surface area contributed by atoms with Crippen molar-refractivity contribution in [1.29, 1.82) is 0 Å². The third-order valence-electron chi connectivity index (χ3n) is 3.78. The minimum atomic E-state index is -1.09. The highest BCUT2D eigenvalue weighted by Gasteiger charge is 2.22. The molecular weight excluding hydrogens is 394 g/mol. The molecule has 30 heavy (non-hydrogen) atoms. The monoisotopic (exact) mass is 420 g/mol. The van der Waals surface area contributed by atoms with E-state index in [0.717, 1.165) is 5.56 Å². The molecule has 0 aliphatic heterocycles. The summed E-state index contributed by atoms with van der Waals surface area (Å²) in [6, 6.07) is 7.87. The molecular formula is C18H26N7O5-. The molecule has 0 fully saturated rings. The number of rotatable bonds is 14. The summed E-state index contributed by atoms with van der Waals surface area (Å²) in [5, 5.41) is 10.0. The van der Waals surface area contributed by atoms with Gasteiger partial charge in [0.2, 0.25) is 17.7 Å². The highest BCUT2D eigenvalue weighted by molar-refractivity contribution is 5.89. The number of benzene rings is 1. The molecule has 4 amide bonds. The van der Waals surface area contributed by atoms with Crippen molar-refractivity contribution in [1.82, 2.24) is 21.4 Å². The van der Waals surface area contributed by atoms with Crippen molar-refractivity contribution in [3.63, 3.8) is 0 Å². The summed E-state index contributed by atoms with van der Waals surface area (Å²) >= 11 is 0. The number of carbonyl (C=O) groups excluding carboxylic acids is 4. The minimum absolute atomic E-state index is 0.0116. The van der Waals surface area contributed by atoms with Crippen LogP contribution in [0.2, 0.25) is 0 Å². The number of nitrogens with zero attached hydrogens (tertiary/aromatic N) is 2. The van der Waals surface area contributed by atoms with Gasteiger partial charge < -0.3 is 37.4 Å². The summed E-state index contributed by atoms with van der Waals surface area (Å²) in [5.74, 6) is -1.72. The largest absolute Gasteiger partial charge is 0.445 e. The molecule has 1 aromatic carbocycles. The standard InChI is InChI=1S/C18H26N7O5/c19-15(26)8-7-14(24-18(29)30-12-13-5-2-1-3-6-13)17(28)22-11-16(27)21-9-4-10-23-25-20/h1-3,5-6,14H,4,7-12H2,(H6-,19,20,21,22,23,24,26,27,28,29)/q-1. The smallest absolute Gasteiger partial charge is 0.408 e. The lowest BCUT2D eigenvalue weighted by Gasteiger charge is -2.18. The Labute approximate surface area is 173 Å². The molecule has 0 heterocycles. The van der Waals surface area contributed by atoms with Gasteiger partial charge in [0.25, 0.3) is 0 Å². The van der Waals surface area contributed by atoms with E-state index in [9.17, 15) is 19.2 Å². The van der Waals surface area contributed by atoms with Gasteiger partial charge >= 0.3 is 6.09 Å². The van der Waals surface area contributed by atoms with Crippen LogP contribution in [0.15, 0.2) is 35.6 Å². The van der Waals surface area contributed by atoms with Gasteiger partial charge in [-0.15, -0.1) is 0 Å². The Bertz CT molecular complexity index is 714. The molecule has 0 spiro atoms. The lowest BCUT2D eigenvalue weighted by atomic mass is 10.1. The first-order valence-corrected chi connectivity index (χ1v) is 9.29. The highest BCUT2D eigenvalue weighted by Crippen LogP contribution is 2.02. The summed E-state index contributed by atoms with van der Waals surface area (Å²) < 4.78 is 5.07. The second-order valence-electron chi connectivity index (χ2n) is 6.19. The lowest BCUT2D eigenvalue weighted by molar-refractivity contribution is -0.127. The average Bonchev–Trinajstić information content (AvgIpc) is 2.74. The first-order valence-electron chi connectivity index (χ1n) is 9.29. The molecule has 0 aromatic heterocycles. The van der Waals surface area contributed by atoms with E-state index in [-0.39, 0.29) is 26.0 Å². The summed E-state index contributed by atoms with van der Waals surface area (Å²) in [4.78, 5) is 47.1. The quantitative estimate of drug-likeness (QED) is 0.156. The van der Waals surface area contributed by atoms with E-state index in [1.54, 1.807) is 24.3 Å². The van der Waals surface area contributed by atoms with Crippen LogP contribution in [0.1, 0.15) is 24.8 Å². The number of ether oxygens (including phenoxy) is 1. The van der Waals surface area contributed by atoms with Gasteiger partial charge in [0.15, 0.2) is 0 Å². The SMILES string of the molecule is [N-]=NNCCCNC(=O)CNC(=O)C(CCC(N)=O)NC(=O)OCc1ccccc1. The van der Waals surface area contributed by atoms with E-state index < -0.39 is 29.9 Å². The zero-order chi connectivity index (χ0) is 22.2. The van der Waals surface area contributed by atoms with Gasteiger partial charge in [-0.3, -0.25) is 19.6 Å². The summed E-state index contributed by atoms with van der Waals surface area (Å²) in [6.45, 7) is 0.377. The van der Waals surface area contributed by atoms with E-state index in [4.69, 9.17) is 16.0 Å². The van der Waals surface area contributed by atoms with E-state index in [2.05, 4.69) is 26.6 Å². The van der Waals surface area contributed by atoms with Gasteiger partial charge in [-0.2, -0.15) is 0 Å². The van der Waals surface area contributed by atoms with Crippen molar-refractivity contribution in [2.75, 3.05) is 19.6 Å². The molecule has 1 unspecified atom stereocenters. The van der Waals surface area contributed by atoms with Crippen LogP contribution in [0.25, 0.3) is 5.53 Å². The van der Waals surface area contributed by atoms with E-state index in [0.29, 0.717) is 19.5 Å². The molecule has 1 atom stereocenters. The minimum Gasteiger partial charge on any atom is -0.445 e. The van der Waals surface area contributed by atoms with Gasteiger partial charge in [0.1, 0.15) is 12.6 Å². The van der Waals surface area contributed by atoms with Gasteiger partial charge in [0, 0.05) is 13.0 Å². The Kier molecular flexibility index (Phi) is 11.6. The van der Waals surface area contributed by atoms with E-state index in [1.165, 1.54) is 0 Å². The Morgan fingerprint density at radius 1 is 1.10 bits per heavy atom. The van der Waals surface area contributed by atoms with Crippen LogP contribution in [0.5, 0.6) is 0 Å². The Morgan fingerprint density at radius 2 is 1.83 bits per heavy atom. The fourth-order valence-corrected chi connectivity index (χ4v) is 2.26. The van der Waals surface area contributed by atoms with Crippen LogP contribution in [0.3, 0.4) is 0 Å². The van der Waals surface area contributed by atoms with E-state index in [1.807, 2.05) is 6.07 Å². The Hall–Kier alpha value is -3.70. The zero-order valence-corrected chi connectivity index (χ0v) is 16.4. The molecule has 1 aromatic rings. The third-order valence-corrected chi connectivity index (χ3v) is 3.78. The second-order valence-corrected chi connectivity index (χ2v) is 6.19. The van der Waals surface area contributed by atoms with Gasteiger partial charge in [-0.25, -0.2) is 4.79 Å². The predicted molar refractivity (Wildman–Crippen MR) is 106 cm³/mol. The second kappa shape index (κ2) is 14.3. The normalized spacial score (nSPS) is 10.9. The summed E-state index contributed by atoms with van der Waals surface area (Å²) in [6.07, 6.45) is -0.499. The maximum Gasteiger partial charge on any atom is 0.408 e. The van der Waals surface area contributed by atoms with Crippen molar-refractivity contribution in [3.05, 3.63) is 41.4 Å². The summed E-state index contributed by atoms with van der Waals surface area (Å²) in [7, 11) is 0. The van der Waals surface area contributed by atoms with Gasteiger partial charge in [-0.1, -0.05) is 30.3 Å². The zero-order valence-electron chi connectivity index (χ0n) is 16.4. The van der Waals surface area contributed by atoms with Crippen molar-refractivity contribution in [2.45, 2.75) is 31.9 Å². The van der Waals surface area contributed by atoms with Crippen molar-refractivity contribution < 1.29 is 23.9 Å². The maximum absolute atomic E-state index is 12.3. The average molecular weight is 420 g/mol. The third kappa shape index (κ3) is 11.2. The van der Waals surface area contributed by atoms with Crippen molar-refractivity contribution in [3.8, 4) is 0 Å². The van der Waals surface area contributed by atoms with Crippen molar-refractivity contribution in [2.24, 2.45) is 11.0 Å². The predicted octanol–water partition coefficient (Wildman–Crippen LogP) is -0.304. The molecule has 164 valence electrons. The Balaban J connectivity index is 2.45. The van der Waals surface area contributed by atoms with Crippen LogP contribution >= 0.6 is 0 Å². The molecule has 0 bridgehead atoms. The molecule has 0 radical (unpaired) electrons. The molecule has 6 N–H and O–H groups in total. The van der Waals surface area contributed by atoms with Crippen LogP contribution in [0, 0.1) is 0 Å². The van der Waals surface area contributed by atoms with Gasteiger partial charge in [-0.05, 0) is 24.9 Å². The molecule has 12 nitrogen and oxygen atoms in total. The van der Waals surface area contributed by atoms with Gasteiger partial charge in [0.05, 0.1) is 6.54 Å². The number of alkyl carbamates (subject to hydrolysis) is 1. The number of hydrogen-bond donors (Lipinski definition) is 5. The number of nitrogens with one attached hydrogen (secondary N) is 4. The maximum atomic E-state index is 12.3. The topological polar surface area (TPSA) is 186 Å². The van der Waals surface area contributed by atoms with Crippen LogP contribution in [0.4, 0.5) is 4.79 Å². The molecule has 0 aliphatic carbocycles. The lowest BCUT2D eigenvalue weighted by Crippen LogP contribution is -2.49. The first kappa shape index (κ1) is 24.3. The summed E-state index contributed by atoms with van der Waals surface area (Å²) in [5.41, 5.74) is 16.4. The number of nitrogens with two attached hydrogens (primary N) is 1.